The topological polar surface area (TPSA) is 90.5 Å². The van der Waals surface area contributed by atoms with Crippen molar-refractivity contribution in [2.24, 2.45) is 0 Å². The second kappa shape index (κ2) is 9.73. The van der Waals surface area contributed by atoms with E-state index in [1.807, 2.05) is 0 Å². The molecule has 7 nitrogen and oxygen atoms in total. The summed E-state index contributed by atoms with van der Waals surface area (Å²) >= 11 is 0. The van der Waals surface area contributed by atoms with Gasteiger partial charge in [-0.05, 0) is 55.2 Å². The van der Waals surface area contributed by atoms with Crippen LogP contribution in [0.5, 0.6) is 0 Å². The highest BCUT2D eigenvalue weighted by atomic mass is 16.2. The Kier molecular flexibility index (Phi) is 6.84. The zero-order valence-electron chi connectivity index (χ0n) is 16.5. The Bertz CT molecular complexity index is 874. The van der Waals surface area contributed by atoms with Crippen molar-refractivity contribution in [2.75, 3.05) is 35.2 Å². The lowest BCUT2D eigenvalue weighted by atomic mass is 10.1. The second-order valence-corrected chi connectivity index (χ2v) is 7.08. The molecule has 0 unspecified atom stereocenters. The van der Waals surface area contributed by atoms with Crippen LogP contribution in [0.2, 0.25) is 0 Å². The van der Waals surface area contributed by atoms with E-state index in [0.717, 1.165) is 18.7 Å². The van der Waals surface area contributed by atoms with E-state index in [1.165, 1.54) is 25.5 Å². The van der Waals surface area contributed by atoms with Gasteiger partial charge in [-0.1, -0.05) is 18.2 Å². The van der Waals surface area contributed by atoms with Crippen LogP contribution in [-0.4, -0.2) is 37.4 Å². The van der Waals surface area contributed by atoms with Crippen molar-refractivity contribution in [3.63, 3.8) is 0 Å². The van der Waals surface area contributed by atoms with Crippen LogP contribution in [0.3, 0.4) is 0 Å². The SMILES string of the molecule is CC(=O)Nc1cccc(NC(=O)C(=O)NCCc2ccc(N3CCCC3)cc2)c1. The Morgan fingerprint density at radius 2 is 1.55 bits per heavy atom. The van der Waals surface area contributed by atoms with Gasteiger partial charge in [-0.25, -0.2) is 0 Å². The number of hydrogen-bond acceptors (Lipinski definition) is 4. The number of carbonyl (C=O) groups excluding carboxylic acids is 3. The monoisotopic (exact) mass is 394 g/mol. The van der Waals surface area contributed by atoms with Gasteiger partial charge < -0.3 is 20.9 Å². The number of anilines is 3. The fraction of sp³-hybridized carbons (Fsp3) is 0.318. The molecule has 0 spiro atoms. The average molecular weight is 394 g/mol. The Balaban J connectivity index is 1.44. The zero-order valence-corrected chi connectivity index (χ0v) is 16.5. The molecule has 0 radical (unpaired) electrons. The minimum absolute atomic E-state index is 0.209. The molecule has 2 aromatic rings. The first-order chi connectivity index (χ1) is 14.0. The van der Waals surface area contributed by atoms with Crippen molar-refractivity contribution in [1.82, 2.24) is 5.32 Å². The molecule has 1 saturated heterocycles. The molecule has 29 heavy (non-hydrogen) atoms. The van der Waals surface area contributed by atoms with Gasteiger partial charge in [-0.2, -0.15) is 0 Å². The number of carbonyl (C=O) groups is 3. The molecule has 3 N–H and O–H groups in total. The van der Waals surface area contributed by atoms with Crippen LogP contribution in [0.15, 0.2) is 48.5 Å². The smallest absolute Gasteiger partial charge is 0.313 e. The third kappa shape index (κ3) is 6.07. The molecular formula is C22H26N4O3. The van der Waals surface area contributed by atoms with E-state index < -0.39 is 11.8 Å². The normalized spacial score (nSPS) is 13.1. The predicted molar refractivity (Wildman–Crippen MR) is 114 cm³/mol. The van der Waals surface area contributed by atoms with E-state index in [-0.39, 0.29) is 5.91 Å². The van der Waals surface area contributed by atoms with Gasteiger partial charge in [0.05, 0.1) is 0 Å². The molecular weight excluding hydrogens is 368 g/mol. The van der Waals surface area contributed by atoms with Crippen LogP contribution < -0.4 is 20.9 Å². The molecule has 2 aromatic carbocycles. The maximum Gasteiger partial charge on any atom is 0.313 e. The lowest BCUT2D eigenvalue weighted by Crippen LogP contribution is -2.36. The standard InChI is InChI=1S/C22H26N4O3/c1-16(27)24-18-5-4-6-19(15-18)25-22(29)21(28)23-12-11-17-7-9-20(10-8-17)26-13-2-3-14-26/h4-10,15H,2-3,11-14H2,1H3,(H,23,28)(H,24,27)(H,25,29). The van der Waals surface area contributed by atoms with Crippen LogP contribution in [-0.2, 0) is 20.8 Å². The van der Waals surface area contributed by atoms with Gasteiger partial charge >= 0.3 is 11.8 Å². The molecule has 0 bridgehead atoms. The summed E-state index contributed by atoms with van der Waals surface area (Å²) in [5.41, 5.74) is 3.33. The number of nitrogens with zero attached hydrogens (tertiary/aromatic N) is 1. The summed E-state index contributed by atoms with van der Waals surface area (Å²) in [6.07, 6.45) is 3.14. The lowest BCUT2D eigenvalue weighted by molar-refractivity contribution is -0.136. The second-order valence-electron chi connectivity index (χ2n) is 7.08. The molecule has 0 aliphatic carbocycles. The summed E-state index contributed by atoms with van der Waals surface area (Å²) < 4.78 is 0. The van der Waals surface area contributed by atoms with Crippen molar-refractivity contribution in [1.29, 1.82) is 0 Å². The zero-order chi connectivity index (χ0) is 20.6. The molecule has 1 aliphatic rings. The Hall–Kier alpha value is -3.35. The van der Waals surface area contributed by atoms with Gasteiger partial charge in [0.15, 0.2) is 0 Å². The molecule has 3 amide bonds. The first-order valence-electron chi connectivity index (χ1n) is 9.82. The van der Waals surface area contributed by atoms with Crippen molar-refractivity contribution < 1.29 is 14.4 Å². The third-order valence-corrected chi connectivity index (χ3v) is 4.75. The summed E-state index contributed by atoms with van der Waals surface area (Å²) in [6.45, 7) is 4.00. The van der Waals surface area contributed by atoms with Gasteiger partial charge in [-0.15, -0.1) is 0 Å². The highest BCUT2D eigenvalue weighted by molar-refractivity contribution is 6.39. The molecule has 1 aliphatic heterocycles. The van der Waals surface area contributed by atoms with Crippen molar-refractivity contribution in [3.05, 3.63) is 54.1 Å². The average Bonchev–Trinajstić information content (AvgIpc) is 3.23. The number of hydrogen-bond donors (Lipinski definition) is 3. The molecule has 3 rings (SSSR count). The van der Waals surface area contributed by atoms with E-state index in [2.05, 4.69) is 45.1 Å². The minimum Gasteiger partial charge on any atom is -0.372 e. The maximum absolute atomic E-state index is 12.1. The quantitative estimate of drug-likeness (QED) is 0.657. The van der Waals surface area contributed by atoms with Crippen molar-refractivity contribution in [3.8, 4) is 0 Å². The van der Waals surface area contributed by atoms with Crippen LogP contribution >= 0.6 is 0 Å². The van der Waals surface area contributed by atoms with Gasteiger partial charge in [0.25, 0.3) is 0 Å². The molecule has 1 fully saturated rings. The van der Waals surface area contributed by atoms with Gasteiger partial charge in [-0.3, -0.25) is 14.4 Å². The largest absolute Gasteiger partial charge is 0.372 e. The molecule has 0 atom stereocenters. The first-order valence-corrected chi connectivity index (χ1v) is 9.82. The number of benzene rings is 2. The van der Waals surface area contributed by atoms with Crippen molar-refractivity contribution >= 4 is 34.8 Å². The van der Waals surface area contributed by atoms with Crippen LogP contribution in [0.4, 0.5) is 17.1 Å². The van der Waals surface area contributed by atoms with E-state index in [1.54, 1.807) is 24.3 Å². The number of amides is 3. The summed E-state index contributed by atoms with van der Waals surface area (Å²) in [7, 11) is 0. The van der Waals surface area contributed by atoms with E-state index in [0.29, 0.717) is 24.3 Å². The van der Waals surface area contributed by atoms with E-state index in [4.69, 9.17) is 0 Å². The van der Waals surface area contributed by atoms with Gasteiger partial charge in [0.1, 0.15) is 0 Å². The molecule has 152 valence electrons. The highest BCUT2D eigenvalue weighted by Gasteiger charge is 2.14. The number of nitrogens with one attached hydrogen (secondary N) is 3. The molecule has 1 heterocycles. The van der Waals surface area contributed by atoms with Crippen LogP contribution in [0, 0.1) is 0 Å². The predicted octanol–water partition coefficient (Wildman–Crippen LogP) is 2.54. The van der Waals surface area contributed by atoms with E-state index >= 15 is 0 Å². The Labute approximate surface area is 170 Å². The van der Waals surface area contributed by atoms with Gasteiger partial charge in [0, 0.05) is 43.6 Å². The summed E-state index contributed by atoms with van der Waals surface area (Å²) in [4.78, 5) is 37.6. The van der Waals surface area contributed by atoms with Crippen LogP contribution in [0.1, 0.15) is 25.3 Å². The fourth-order valence-corrected chi connectivity index (χ4v) is 3.32. The summed E-state index contributed by atoms with van der Waals surface area (Å²) in [5, 5.41) is 7.80. The van der Waals surface area contributed by atoms with Crippen molar-refractivity contribution in [2.45, 2.75) is 26.2 Å². The third-order valence-electron chi connectivity index (χ3n) is 4.75. The summed E-state index contributed by atoms with van der Waals surface area (Å²) in [6, 6.07) is 15.0. The lowest BCUT2D eigenvalue weighted by Gasteiger charge is -2.17. The fourth-order valence-electron chi connectivity index (χ4n) is 3.32. The minimum atomic E-state index is -0.741. The maximum atomic E-state index is 12.1. The van der Waals surface area contributed by atoms with E-state index in [9.17, 15) is 14.4 Å². The molecule has 0 saturated carbocycles. The highest BCUT2D eigenvalue weighted by Crippen LogP contribution is 2.20. The molecule has 0 aromatic heterocycles. The first kappa shape index (κ1) is 20.4. The van der Waals surface area contributed by atoms with Gasteiger partial charge in [0.2, 0.25) is 5.91 Å². The Morgan fingerprint density at radius 3 is 2.21 bits per heavy atom. The number of rotatable bonds is 6. The molecule has 7 heteroatoms. The van der Waals surface area contributed by atoms with Crippen LogP contribution in [0.25, 0.3) is 0 Å². The Morgan fingerprint density at radius 1 is 0.897 bits per heavy atom. The summed E-state index contributed by atoms with van der Waals surface area (Å²) in [5.74, 6) is -1.64.